The van der Waals surface area contributed by atoms with Gasteiger partial charge in [-0.2, -0.15) is 0 Å². The smallest absolute Gasteiger partial charge is 0.124 e. The maximum Gasteiger partial charge on any atom is 0.124 e. The molecule has 0 aromatic heterocycles. The highest BCUT2D eigenvalue weighted by atomic mass is 35.5. The number of nitrogens with two attached hydrogens (primary N) is 2. The second kappa shape index (κ2) is 5.86. The first kappa shape index (κ1) is 13.2. The van der Waals surface area contributed by atoms with E-state index in [4.69, 9.17) is 11.5 Å². The van der Waals surface area contributed by atoms with Crippen molar-refractivity contribution in [1.29, 1.82) is 0 Å². The van der Waals surface area contributed by atoms with E-state index in [1.807, 2.05) is 12.1 Å². The molecule has 0 fully saturated rings. The van der Waals surface area contributed by atoms with Gasteiger partial charge in [0.25, 0.3) is 0 Å². The lowest BCUT2D eigenvalue weighted by molar-refractivity contribution is 0.461. The molecule has 0 aliphatic rings. The van der Waals surface area contributed by atoms with E-state index in [1.54, 1.807) is 0 Å². The Balaban J connectivity index is 0.00000169. The number of aryl methyl sites for hydroxylation is 1. The predicted molar refractivity (Wildman–Crippen MR) is 60.5 cm³/mol. The number of hydrogen-bond acceptors (Lipinski definition) is 3. The third-order valence-corrected chi connectivity index (χ3v) is 2.18. The minimum absolute atomic E-state index is 0. The zero-order valence-electron chi connectivity index (χ0n) is 8.29. The van der Waals surface area contributed by atoms with E-state index in [-0.39, 0.29) is 18.2 Å². The maximum absolute atomic E-state index is 9.65. The van der Waals surface area contributed by atoms with Crippen LogP contribution in [-0.2, 0) is 19.5 Å². The third kappa shape index (κ3) is 2.61. The van der Waals surface area contributed by atoms with Gasteiger partial charge in [0, 0.05) is 24.2 Å². The van der Waals surface area contributed by atoms with Gasteiger partial charge in [0.1, 0.15) is 5.75 Å². The van der Waals surface area contributed by atoms with E-state index in [0.717, 1.165) is 17.5 Å². The molecular formula is C10H17ClN2O. The molecule has 0 unspecified atom stereocenters. The first-order valence-corrected chi connectivity index (χ1v) is 4.46. The van der Waals surface area contributed by atoms with Gasteiger partial charge in [-0.15, -0.1) is 12.4 Å². The van der Waals surface area contributed by atoms with Gasteiger partial charge in [-0.3, -0.25) is 0 Å². The molecule has 1 aromatic rings. The molecule has 80 valence electrons. The lowest BCUT2D eigenvalue weighted by Crippen LogP contribution is -2.03. The summed E-state index contributed by atoms with van der Waals surface area (Å²) in [5, 5.41) is 9.65. The minimum atomic E-state index is 0. The number of phenols is 1. The number of aromatic hydroxyl groups is 1. The highest BCUT2D eigenvalue weighted by Gasteiger charge is 2.06. The Hall–Kier alpha value is -0.770. The van der Waals surface area contributed by atoms with E-state index >= 15 is 0 Å². The number of hydrogen-bond donors (Lipinski definition) is 3. The highest BCUT2D eigenvalue weighted by Crippen LogP contribution is 2.24. The first-order valence-electron chi connectivity index (χ1n) is 4.46. The van der Waals surface area contributed by atoms with Gasteiger partial charge in [-0.1, -0.05) is 19.1 Å². The Labute approximate surface area is 90.5 Å². The summed E-state index contributed by atoms with van der Waals surface area (Å²) in [6.07, 6.45) is 0.931. The molecule has 1 aromatic carbocycles. The van der Waals surface area contributed by atoms with Gasteiger partial charge in [0.15, 0.2) is 0 Å². The molecule has 0 amide bonds. The van der Waals surface area contributed by atoms with Gasteiger partial charge in [0.05, 0.1) is 0 Å². The molecule has 0 spiro atoms. The summed E-state index contributed by atoms with van der Waals surface area (Å²) in [6, 6.07) is 3.85. The summed E-state index contributed by atoms with van der Waals surface area (Å²) in [5.74, 6) is 0.252. The molecule has 4 heteroatoms. The first-order chi connectivity index (χ1) is 6.22. The van der Waals surface area contributed by atoms with Crippen LogP contribution in [0.4, 0.5) is 0 Å². The summed E-state index contributed by atoms with van der Waals surface area (Å²) in [4.78, 5) is 0. The molecule has 14 heavy (non-hydrogen) atoms. The van der Waals surface area contributed by atoms with Crippen molar-refractivity contribution in [3.8, 4) is 5.75 Å². The Morgan fingerprint density at radius 3 is 1.86 bits per heavy atom. The molecule has 0 aliphatic heterocycles. The lowest BCUT2D eigenvalue weighted by atomic mass is 10.0. The molecule has 0 aliphatic carbocycles. The number of phenolic OH excluding ortho intramolecular Hbond substituents is 1. The van der Waals surface area contributed by atoms with Crippen molar-refractivity contribution < 1.29 is 5.11 Å². The number of benzene rings is 1. The average Bonchev–Trinajstić information content (AvgIpc) is 2.18. The Morgan fingerprint density at radius 2 is 1.57 bits per heavy atom. The molecule has 0 saturated carbocycles. The van der Waals surface area contributed by atoms with E-state index in [9.17, 15) is 5.11 Å². The summed E-state index contributed by atoms with van der Waals surface area (Å²) in [5.41, 5.74) is 13.7. The van der Waals surface area contributed by atoms with E-state index in [2.05, 4.69) is 6.92 Å². The largest absolute Gasteiger partial charge is 0.507 e. The number of halogens is 1. The molecule has 5 N–H and O–H groups in total. The average molecular weight is 217 g/mol. The Morgan fingerprint density at radius 1 is 1.14 bits per heavy atom. The van der Waals surface area contributed by atoms with Crippen molar-refractivity contribution in [3.63, 3.8) is 0 Å². The van der Waals surface area contributed by atoms with E-state index in [1.165, 1.54) is 5.56 Å². The van der Waals surface area contributed by atoms with Crippen LogP contribution in [0.5, 0.6) is 5.75 Å². The molecule has 0 radical (unpaired) electrons. The summed E-state index contributed by atoms with van der Waals surface area (Å²) >= 11 is 0. The van der Waals surface area contributed by atoms with Gasteiger partial charge < -0.3 is 16.6 Å². The van der Waals surface area contributed by atoms with Crippen molar-refractivity contribution in [1.82, 2.24) is 0 Å². The predicted octanol–water partition coefficient (Wildman–Crippen LogP) is 1.29. The SMILES string of the molecule is CCc1cc(CN)c(O)c(CN)c1.Cl. The van der Waals surface area contributed by atoms with Crippen molar-refractivity contribution in [3.05, 3.63) is 28.8 Å². The van der Waals surface area contributed by atoms with Crippen LogP contribution in [0.25, 0.3) is 0 Å². The summed E-state index contributed by atoms with van der Waals surface area (Å²) in [7, 11) is 0. The fourth-order valence-corrected chi connectivity index (χ4v) is 1.35. The zero-order chi connectivity index (χ0) is 9.84. The standard InChI is InChI=1S/C10H16N2O.ClH/c1-2-7-3-8(5-11)10(13)9(4-7)6-12;/h3-4,13H,2,5-6,11-12H2,1H3;1H. The van der Waals surface area contributed by atoms with Crippen LogP contribution in [0, 0.1) is 0 Å². The number of rotatable bonds is 3. The quantitative estimate of drug-likeness (QED) is 0.713. The molecule has 1 rings (SSSR count). The molecular weight excluding hydrogens is 200 g/mol. The van der Waals surface area contributed by atoms with Crippen LogP contribution in [0.1, 0.15) is 23.6 Å². The normalized spacial score (nSPS) is 9.64. The topological polar surface area (TPSA) is 72.3 Å². The van der Waals surface area contributed by atoms with Gasteiger partial charge >= 0.3 is 0 Å². The van der Waals surface area contributed by atoms with Crippen molar-refractivity contribution >= 4 is 12.4 Å². The van der Waals surface area contributed by atoms with Crippen LogP contribution in [-0.4, -0.2) is 5.11 Å². The van der Waals surface area contributed by atoms with Gasteiger partial charge in [-0.25, -0.2) is 0 Å². The van der Waals surface area contributed by atoms with Crippen LogP contribution in [0.3, 0.4) is 0 Å². The molecule has 0 bridgehead atoms. The fraction of sp³-hybridized carbons (Fsp3) is 0.400. The minimum Gasteiger partial charge on any atom is -0.507 e. The second-order valence-corrected chi connectivity index (χ2v) is 3.02. The van der Waals surface area contributed by atoms with E-state index in [0.29, 0.717) is 13.1 Å². The highest BCUT2D eigenvalue weighted by molar-refractivity contribution is 5.85. The van der Waals surface area contributed by atoms with E-state index < -0.39 is 0 Å². The second-order valence-electron chi connectivity index (χ2n) is 3.02. The molecule has 0 atom stereocenters. The Kier molecular flexibility index (Phi) is 5.53. The van der Waals surface area contributed by atoms with Crippen molar-refractivity contribution in [2.45, 2.75) is 26.4 Å². The van der Waals surface area contributed by atoms with Crippen LogP contribution >= 0.6 is 12.4 Å². The Bertz CT molecular complexity index is 277. The summed E-state index contributed by atoms with van der Waals surface area (Å²) < 4.78 is 0. The molecule has 3 nitrogen and oxygen atoms in total. The molecule has 0 saturated heterocycles. The maximum atomic E-state index is 9.65. The van der Waals surface area contributed by atoms with Crippen LogP contribution in [0.15, 0.2) is 12.1 Å². The van der Waals surface area contributed by atoms with Crippen molar-refractivity contribution in [2.24, 2.45) is 11.5 Å². The molecule has 0 heterocycles. The monoisotopic (exact) mass is 216 g/mol. The van der Waals surface area contributed by atoms with Crippen LogP contribution in [0.2, 0.25) is 0 Å². The summed E-state index contributed by atoms with van der Waals surface area (Å²) in [6.45, 7) is 2.77. The van der Waals surface area contributed by atoms with Gasteiger partial charge in [0.2, 0.25) is 0 Å². The van der Waals surface area contributed by atoms with Gasteiger partial charge in [-0.05, 0) is 12.0 Å². The zero-order valence-corrected chi connectivity index (χ0v) is 9.10. The third-order valence-electron chi connectivity index (χ3n) is 2.18. The van der Waals surface area contributed by atoms with Crippen LogP contribution < -0.4 is 11.5 Å². The van der Waals surface area contributed by atoms with Crippen molar-refractivity contribution in [2.75, 3.05) is 0 Å². The lowest BCUT2D eigenvalue weighted by Gasteiger charge is -2.09. The fourth-order valence-electron chi connectivity index (χ4n) is 1.35.